The normalized spacial score (nSPS) is 23.0. The van der Waals surface area contributed by atoms with Crippen LogP contribution in [0.15, 0.2) is 0 Å². The van der Waals surface area contributed by atoms with E-state index in [1.54, 1.807) is 6.92 Å². The number of aliphatic hydroxyl groups excluding tert-OH is 1. The van der Waals surface area contributed by atoms with Gasteiger partial charge in [0.25, 0.3) is 0 Å². The van der Waals surface area contributed by atoms with Crippen molar-refractivity contribution in [3.8, 4) is 0 Å². The fourth-order valence-corrected chi connectivity index (χ4v) is 1.02. The molecular weight excluding hydrogens is 132 g/mol. The minimum atomic E-state index is -0.644. The van der Waals surface area contributed by atoms with Gasteiger partial charge < -0.3 is 15.3 Å². The van der Waals surface area contributed by atoms with Crippen molar-refractivity contribution in [1.29, 1.82) is 0 Å². The molecule has 0 aliphatic carbocycles. The van der Waals surface area contributed by atoms with Crippen molar-refractivity contribution < 1.29 is 9.90 Å². The smallest absolute Gasteiger partial charge is 0.238 e. The Morgan fingerprint density at radius 3 is 2.90 bits per heavy atom. The number of carbonyl (C=O) groups excluding carboxylic acids is 1. The van der Waals surface area contributed by atoms with Crippen molar-refractivity contribution in [2.45, 2.75) is 13.2 Å². The molecule has 4 nitrogen and oxygen atoms in total. The summed E-state index contributed by atoms with van der Waals surface area (Å²) in [5.41, 5.74) is 0. The van der Waals surface area contributed by atoms with Gasteiger partial charge in [-0.3, -0.25) is 4.79 Å². The fraction of sp³-hybridized carbons (Fsp3) is 0.833. The molecule has 2 N–H and O–H groups in total. The lowest BCUT2D eigenvalue weighted by molar-refractivity contribution is -0.141. The Labute approximate surface area is 59.8 Å². The summed E-state index contributed by atoms with van der Waals surface area (Å²) in [5.74, 6) is -0.0266. The molecule has 1 amide bonds. The Hall–Kier alpha value is -0.610. The van der Waals surface area contributed by atoms with Gasteiger partial charge in [-0.1, -0.05) is 0 Å². The maximum Gasteiger partial charge on any atom is 0.238 e. The summed E-state index contributed by atoms with van der Waals surface area (Å²) < 4.78 is 0. The molecule has 1 aliphatic heterocycles. The molecule has 0 saturated carbocycles. The van der Waals surface area contributed by atoms with E-state index in [2.05, 4.69) is 5.32 Å². The van der Waals surface area contributed by atoms with E-state index < -0.39 is 6.23 Å². The average molecular weight is 144 g/mol. The van der Waals surface area contributed by atoms with Crippen LogP contribution < -0.4 is 5.32 Å². The molecule has 0 aromatic rings. The first-order chi connectivity index (χ1) is 4.72. The lowest BCUT2D eigenvalue weighted by Crippen LogP contribution is -2.51. The maximum atomic E-state index is 10.9. The van der Waals surface area contributed by atoms with E-state index in [0.717, 1.165) is 6.54 Å². The number of hydrogen-bond donors (Lipinski definition) is 2. The highest BCUT2D eigenvalue weighted by atomic mass is 16.3. The molecule has 1 rings (SSSR count). The van der Waals surface area contributed by atoms with Gasteiger partial charge in [0, 0.05) is 13.1 Å². The Morgan fingerprint density at radius 2 is 2.50 bits per heavy atom. The van der Waals surface area contributed by atoms with Crippen LogP contribution in [0.3, 0.4) is 0 Å². The van der Waals surface area contributed by atoms with Gasteiger partial charge in [-0.25, -0.2) is 0 Å². The topological polar surface area (TPSA) is 52.6 Å². The second-order valence-electron chi connectivity index (χ2n) is 2.40. The highest BCUT2D eigenvalue weighted by molar-refractivity contribution is 5.79. The summed E-state index contributed by atoms with van der Waals surface area (Å²) in [6.45, 7) is 3.33. The number of carbonyl (C=O) groups is 1. The molecule has 4 heteroatoms. The first-order valence-electron chi connectivity index (χ1n) is 3.40. The summed E-state index contributed by atoms with van der Waals surface area (Å²) >= 11 is 0. The van der Waals surface area contributed by atoms with Crippen LogP contribution in [0.2, 0.25) is 0 Å². The number of aliphatic hydroxyl groups is 1. The Kier molecular flexibility index (Phi) is 2.24. The molecule has 0 aromatic heterocycles. The molecule has 1 aliphatic rings. The molecule has 1 heterocycles. The first kappa shape index (κ1) is 7.50. The van der Waals surface area contributed by atoms with Gasteiger partial charge >= 0.3 is 0 Å². The molecule has 0 spiro atoms. The number of rotatable bonds is 1. The van der Waals surface area contributed by atoms with Gasteiger partial charge in [0.15, 0.2) is 0 Å². The number of piperazine rings is 1. The zero-order valence-corrected chi connectivity index (χ0v) is 6.00. The monoisotopic (exact) mass is 144 g/mol. The van der Waals surface area contributed by atoms with Crippen molar-refractivity contribution in [3.05, 3.63) is 0 Å². The molecule has 0 radical (unpaired) electrons. The standard InChI is InChI=1S/C6H12N2O2/c1-5(9)8-3-2-7-4-6(8)10/h5,7,9H,2-4H2,1H3. The van der Waals surface area contributed by atoms with Crippen LogP contribution in [-0.4, -0.2) is 41.8 Å². The van der Waals surface area contributed by atoms with Crippen LogP contribution >= 0.6 is 0 Å². The van der Waals surface area contributed by atoms with Crippen molar-refractivity contribution in [3.63, 3.8) is 0 Å². The summed E-state index contributed by atoms with van der Waals surface area (Å²) in [4.78, 5) is 12.4. The lowest BCUT2D eigenvalue weighted by atomic mass is 10.3. The third-order valence-corrected chi connectivity index (χ3v) is 1.58. The summed E-state index contributed by atoms with van der Waals surface area (Å²) in [7, 11) is 0. The van der Waals surface area contributed by atoms with Gasteiger partial charge in [0.05, 0.1) is 6.54 Å². The Bertz CT molecular complexity index is 136. The van der Waals surface area contributed by atoms with Gasteiger partial charge in [0.2, 0.25) is 5.91 Å². The zero-order valence-electron chi connectivity index (χ0n) is 6.00. The zero-order chi connectivity index (χ0) is 7.56. The molecule has 1 atom stereocenters. The van der Waals surface area contributed by atoms with E-state index >= 15 is 0 Å². The van der Waals surface area contributed by atoms with E-state index in [4.69, 9.17) is 5.11 Å². The van der Waals surface area contributed by atoms with Crippen molar-refractivity contribution >= 4 is 5.91 Å². The maximum absolute atomic E-state index is 10.9. The highest BCUT2D eigenvalue weighted by Gasteiger charge is 2.20. The minimum absolute atomic E-state index is 0.0266. The summed E-state index contributed by atoms with van der Waals surface area (Å²) in [5, 5.41) is 11.9. The number of hydrogen-bond acceptors (Lipinski definition) is 3. The molecule has 1 fully saturated rings. The quantitative estimate of drug-likeness (QED) is 0.484. The minimum Gasteiger partial charge on any atom is -0.374 e. The molecule has 0 aromatic carbocycles. The van der Waals surface area contributed by atoms with Crippen LogP contribution in [-0.2, 0) is 4.79 Å². The van der Waals surface area contributed by atoms with Crippen LogP contribution in [0.1, 0.15) is 6.92 Å². The largest absolute Gasteiger partial charge is 0.374 e. The fourth-order valence-electron chi connectivity index (χ4n) is 1.02. The number of nitrogens with one attached hydrogen (secondary N) is 1. The second kappa shape index (κ2) is 2.98. The van der Waals surface area contributed by atoms with Crippen molar-refractivity contribution in [2.75, 3.05) is 19.6 Å². The molecule has 58 valence electrons. The van der Waals surface area contributed by atoms with E-state index in [1.807, 2.05) is 0 Å². The average Bonchev–Trinajstić information content (AvgIpc) is 1.88. The highest BCUT2D eigenvalue weighted by Crippen LogP contribution is 1.97. The van der Waals surface area contributed by atoms with Gasteiger partial charge in [0.1, 0.15) is 6.23 Å². The third-order valence-electron chi connectivity index (χ3n) is 1.58. The summed E-state index contributed by atoms with van der Waals surface area (Å²) in [6, 6.07) is 0. The van der Waals surface area contributed by atoms with E-state index in [9.17, 15) is 4.79 Å². The van der Waals surface area contributed by atoms with Crippen molar-refractivity contribution in [1.82, 2.24) is 10.2 Å². The van der Waals surface area contributed by atoms with Crippen LogP contribution in [0.4, 0.5) is 0 Å². The van der Waals surface area contributed by atoms with Gasteiger partial charge in [-0.15, -0.1) is 0 Å². The molecule has 0 bridgehead atoms. The second-order valence-corrected chi connectivity index (χ2v) is 2.40. The molecule has 1 unspecified atom stereocenters. The molecule has 1 saturated heterocycles. The van der Waals surface area contributed by atoms with Crippen LogP contribution in [0.5, 0.6) is 0 Å². The van der Waals surface area contributed by atoms with Gasteiger partial charge in [-0.05, 0) is 6.92 Å². The van der Waals surface area contributed by atoms with Crippen LogP contribution in [0, 0.1) is 0 Å². The SMILES string of the molecule is CC(O)N1CCNCC1=O. The Morgan fingerprint density at radius 1 is 1.80 bits per heavy atom. The number of amides is 1. The Balaban J connectivity index is 2.48. The third kappa shape index (κ3) is 1.46. The van der Waals surface area contributed by atoms with E-state index in [1.165, 1.54) is 4.90 Å². The van der Waals surface area contributed by atoms with Crippen molar-refractivity contribution in [2.24, 2.45) is 0 Å². The van der Waals surface area contributed by atoms with E-state index in [-0.39, 0.29) is 5.91 Å². The lowest BCUT2D eigenvalue weighted by Gasteiger charge is -2.29. The predicted octanol–water partition coefficient (Wildman–Crippen LogP) is -1.24. The molecular formula is C6H12N2O2. The van der Waals surface area contributed by atoms with E-state index in [0.29, 0.717) is 13.1 Å². The molecule has 10 heavy (non-hydrogen) atoms. The number of nitrogens with zero attached hydrogens (tertiary/aromatic N) is 1. The first-order valence-corrected chi connectivity index (χ1v) is 3.40. The predicted molar refractivity (Wildman–Crippen MR) is 36.3 cm³/mol. The van der Waals surface area contributed by atoms with Crippen LogP contribution in [0.25, 0.3) is 0 Å². The van der Waals surface area contributed by atoms with Gasteiger partial charge in [-0.2, -0.15) is 0 Å². The summed E-state index contributed by atoms with van der Waals surface area (Å²) in [6.07, 6.45) is -0.644.